The van der Waals surface area contributed by atoms with Crippen molar-refractivity contribution < 1.29 is 14.2 Å². The fourth-order valence-electron chi connectivity index (χ4n) is 0.417. The molecule has 0 bridgehead atoms. The van der Waals surface area contributed by atoms with Crippen LogP contribution in [0.25, 0.3) is 0 Å². The van der Waals surface area contributed by atoms with Crippen molar-refractivity contribution in [2.75, 3.05) is 13.2 Å². The summed E-state index contributed by atoms with van der Waals surface area (Å²) in [6.07, 6.45) is 0. The van der Waals surface area contributed by atoms with Gasteiger partial charge in [0.05, 0.1) is 7.11 Å². The average Bonchev–Trinajstić information content (AvgIpc) is 1.88. The minimum absolute atomic E-state index is 0.570. The Balaban J connectivity index is 3.18. The van der Waals surface area contributed by atoms with E-state index in [1.54, 1.807) is 0 Å². The van der Waals surface area contributed by atoms with Crippen molar-refractivity contribution in [3.05, 3.63) is 7.11 Å². The van der Waals surface area contributed by atoms with Crippen molar-refractivity contribution in [1.82, 2.24) is 0 Å². The van der Waals surface area contributed by atoms with E-state index >= 15 is 0 Å². The molecule has 0 spiro atoms. The molecule has 3 heteroatoms. The smallest absolute Gasteiger partial charge is 0.271 e. The molecular formula is C6H13O3. The Morgan fingerprint density at radius 2 is 1.67 bits per heavy atom. The van der Waals surface area contributed by atoms with Gasteiger partial charge in [-0.2, -0.15) is 0 Å². The molecule has 0 heterocycles. The third-order valence-electron chi connectivity index (χ3n) is 0.742. The topological polar surface area (TPSA) is 27.7 Å². The van der Waals surface area contributed by atoms with Gasteiger partial charge >= 0.3 is 0 Å². The predicted molar refractivity (Wildman–Crippen MR) is 33.5 cm³/mol. The summed E-state index contributed by atoms with van der Waals surface area (Å²) in [5, 5.41) is 0. The second kappa shape index (κ2) is 6.01. The monoisotopic (exact) mass is 133 g/mol. The Bertz CT molecular complexity index is 50.3. The largest absolute Gasteiger partial charge is 0.330 e. The van der Waals surface area contributed by atoms with E-state index in [9.17, 15) is 0 Å². The van der Waals surface area contributed by atoms with Crippen molar-refractivity contribution in [3.63, 3.8) is 0 Å². The molecule has 0 aliphatic carbocycles. The molecule has 3 nitrogen and oxygen atoms in total. The lowest BCUT2D eigenvalue weighted by Gasteiger charge is -2.13. The Labute approximate surface area is 55.9 Å². The first kappa shape index (κ1) is 8.88. The molecule has 0 amide bonds. The summed E-state index contributed by atoms with van der Waals surface area (Å²) in [7, 11) is 3.17. The van der Waals surface area contributed by atoms with Crippen LogP contribution in [0.1, 0.15) is 13.8 Å². The number of rotatable bonds is 5. The van der Waals surface area contributed by atoms with Crippen LogP contribution >= 0.6 is 0 Å². The van der Waals surface area contributed by atoms with E-state index in [0.29, 0.717) is 13.2 Å². The molecule has 9 heavy (non-hydrogen) atoms. The van der Waals surface area contributed by atoms with Gasteiger partial charge in [0.25, 0.3) is 6.48 Å². The molecule has 0 aromatic rings. The third-order valence-corrected chi connectivity index (χ3v) is 0.742. The summed E-state index contributed by atoms with van der Waals surface area (Å²) in [6, 6.07) is 0. The molecule has 0 atom stereocenters. The van der Waals surface area contributed by atoms with Crippen LogP contribution < -0.4 is 0 Å². The average molecular weight is 133 g/mol. The quantitative estimate of drug-likeness (QED) is 0.526. The summed E-state index contributed by atoms with van der Waals surface area (Å²) in [5.41, 5.74) is 0. The van der Waals surface area contributed by atoms with Gasteiger partial charge in [-0.15, -0.1) is 0 Å². The highest BCUT2D eigenvalue weighted by Crippen LogP contribution is 1.94. The van der Waals surface area contributed by atoms with E-state index < -0.39 is 6.48 Å². The molecule has 55 valence electrons. The highest BCUT2D eigenvalue weighted by Gasteiger charge is 2.02. The van der Waals surface area contributed by atoms with Gasteiger partial charge in [-0.3, -0.25) is 0 Å². The molecule has 0 saturated heterocycles. The first-order valence-corrected chi connectivity index (χ1v) is 2.99. The van der Waals surface area contributed by atoms with Crippen LogP contribution in [0, 0.1) is 7.11 Å². The highest BCUT2D eigenvalue weighted by atomic mass is 16.8. The number of hydrogen-bond acceptors (Lipinski definition) is 3. The highest BCUT2D eigenvalue weighted by molar-refractivity contribution is 4.22. The molecule has 0 aliphatic rings. The van der Waals surface area contributed by atoms with Crippen LogP contribution in [0.5, 0.6) is 0 Å². The first-order valence-electron chi connectivity index (χ1n) is 2.99. The zero-order chi connectivity index (χ0) is 7.11. The van der Waals surface area contributed by atoms with Gasteiger partial charge < -0.3 is 14.2 Å². The Morgan fingerprint density at radius 3 is 1.89 bits per heavy atom. The van der Waals surface area contributed by atoms with E-state index in [4.69, 9.17) is 9.47 Å². The lowest BCUT2D eigenvalue weighted by Crippen LogP contribution is -2.18. The van der Waals surface area contributed by atoms with Gasteiger partial charge in [-0.05, 0) is 13.8 Å². The van der Waals surface area contributed by atoms with Crippen molar-refractivity contribution in [1.29, 1.82) is 0 Å². The SMILES string of the molecule is [CH2]OC(OCC)OCC. The van der Waals surface area contributed by atoms with Crippen molar-refractivity contribution in [3.8, 4) is 0 Å². The van der Waals surface area contributed by atoms with Gasteiger partial charge in [0.2, 0.25) is 0 Å². The lowest BCUT2D eigenvalue weighted by atomic mass is 10.8. The van der Waals surface area contributed by atoms with E-state index in [1.165, 1.54) is 0 Å². The second-order valence-corrected chi connectivity index (χ2v) is 1.37. The molecular weight excluding hydrogens is 120 g/mol. The maximum absolute atomic E-state index is 4.92. The number of ether oxygens (including phenoxy) is 3. The van der Waals surface area contributed by atoms with Gasteiger partial charge in [0.15, 0.2) is 0 Å². The lowest BCUT2D eigenvalue weighted by molar-refractivity contribution is -0.263. The summed E-state index contributed by atoms with van der Waals surface area (Å²) in [6.45, 7) is 4.27. The maximum atomic E-state index is 4.92. The zero-order valence-corrected chi connectivity index (χ0v) is 5.92. The predicted octanol–water partition coefficient (Wildman–Crippen LogP) is 1.15. The minimum atomic E-state index is -0.597. The summed E-state index contributed by atoms with van der Waals surface area (Å²) in [4.78, 5) is 0. The van der Waals surface area contributed by atoms with E-state index in [1.807, 2.05) is 13.8 Å². The molecule has 0 rings (SSSR count). The maximum Gasteiger partial charge on any atom is 0.271 e. The second-order valence-electron chi connectivity index (χ2n) is 1.37. The minimum Gasteiger partial charge on any atom is -0.330 e. The molecule has 0 fully saturated rings. The van der Waals surface area contributed by atoms with Crippen molar-refractivity contribution >= 4 is 0 Å². The molecule has 1 radical (unpaired) electrons. The molecule has 0 unspecified atom stereocenters. The fraction of sp³-hybridized carbons (Fsp3) is 0.833. The fourth-order valence-corrected chi connectivity index (χ4v) is 0.417. The Morgan fingerprint density at radius 1 is 1.22 bits per heavy atom. The molecule has 0 aromatic heterocycles. The van der Waals surface area contributed by atoms with E-state index in [2.05, 4.69) is 11.8 Å². The van der Waals surface area contributed by atoms with Gasteiger partial charge in [0.1, 0.15) is 0 Å². The van der Waals surface area contributed by atoms with E-state index in [-0.39, 0.29) is 0 Å². The molecule has 0 aromatic carbocycles. The van der Waals surface area contributed by atoms with Gasteiger partial charge in [-0.1, -0.05) is 0 Å². The van der Waals surface area contributed by atoms with Crippen LogP contribution in [0.3, 0.4) is 0 Å². The van der Waals surface area contributed by atoms with Crippen molar-refractivity contribution in [2.24, 2.45) is 0 Å². The molecule has 0 saturated carbocycles. The van der Waals surface area contributed by atoms with Crippen LogP contribution in [0.4, 0.5) is 0 Å². The van der Waals surface area contributed by atoms with E-state index in [0.717, 1.165) is 0 Å². The summed E-state index contributed by atoms with van der Waals surface area (Å²) in [5.74, 6) is 0. The third kappa shape index (κ3) is 4.39. The molecule has 0 N–H and O–H groups in total. The van der Waals surface area contributed by atoms with Crippen molar-refractivity contribution in [2.45, 2.75) is 20.3 Å². The van der Waals surface area contributed by atoms with Crippen LogP contribution in [-0.4, -0.2) is 19.7 Å². The summed E-state index contributed by atoms with van der Waals surface area (Å²) < 4.78 is 14.4. The summed E-state index contributed by atoms with van der Waals surface area (Å²) >= 11 is 0. The van der Waals surface area contributed by atoms with Gasteiger partial charge in [-0.25, -0.2) is 0 Å². The van der Waals surface area contributed by atoms with Crippen LogP contribution in [0.2, 0.25) is 0 Å². The standard InChI is InChI=1S/C6H13O3/c1-4-8-6(7-3)9-5-2/h6H,3-5H2,1-2H3. The Kier molecular flexibility index (Phi) is 5.93. The normalized spacial score (nSPS) is 10.7. The van der Waals surface area contributed by atoms with Crippen LogP contribution in [0.15, 0.2) is 0 Å². The number of hydrogen-bond donors (Lipinski definition) is 0. The van der Waals surface area contributed by atoms with Gasteiger partial charge in [0, 0.05) is 13.2 Å². The Hall–Kier alpha value is -0.120. The molecule has 0 aliphatic heterocycles. The first-order chi connectivity index (χ1) is 4.35. The van der Waals surface area contributed by atoms with Crippen LogP contribution in [-0.2, 0) is 14.2 Å². The zero-order valence-electron chi connectivity index (χ0n) is 5.92.